The number of ether oxygens (including phenoxy) is 1. The number of rotatable bonds is 4. The summed E-state index contributed by atoms with van der Waals surface area (Å²) in [7, 11) is 1.50. The van der Waals surface area contributed by atoms with Crippen LogP contribution < -0.4 is 15.0 Å². The molecular formula is C17H16ClN3O4. The zero-order valence-electron chi connectivity index (χ0n) is 13.4. The quantitative estimate of drug-likeness (QED) is 0.872. The van der Waals surface area contributed by atoms with Crippen LogP contribution in [0.4, 0.5) is 11.5 Å². The monoisotopic (exact) mass is 361 g/mol. The number of carbonyl (C=O) groups is 2. The highest BCUT2D eigenvalue weighted by Gasteiger charge is 2.36. The third-order valence-electron chi connectivity index (χ3n) is 3.96. The van der Waals surface area contributed by atoms with Gasteiger partial charge in [-0.05, 0) is 30.3 Å². The predicted octanol–water partition coefficient (Wildman–Crippen LogP) is 2.44. The van der Waals surface area contributed by atoms with Crippen LogP contribution in [0.2, 0.25) is 5.02 Å². The topological polar surface area (TPSA) is 91.8 Å². The summed E-state index contributed by atoms with van der Waals surface area (Å²) in [6, 6.07) is 7.94. The zero-order valence-corrected chi connectivity index (χ0v) is 14.2. The first-order valence-electron chi connectivity index (χ1n) is 7.58. The van der Waals surface area contributed by atoms with E-state index in [1.54, 1.807) is 24.3 Å². The van der Waals surface area contributed by atoms with Gasteiger partial charge in [-0.15, -0.1) is 0 Å². The lowest BCUT2D eigenvalue weighted by atomic mass is 10.1. The molecule has 25 heavy (non-hydrogen) atoms. The number of amides is 2. The van der Waals surface area contributed by atoms with Crippen molar-refractivity contribution >= 4 is 34.9 Å². The van der Waals surface area contributed by atoms with Crippen LogP contribution in [-0.2, 0) is 9.59 Å². The van der Waals surface area contributed by atoms with Gasteiger partial charge in [0, 0.05) is 24.2 Å². The van der Waals surface area contributed by atoms with Gasteiger partial charge >= 0.3 is 0 Å². The van der Waals surface area contributed by atoms with Crippen LogP contribution in [0.5, 0.6) is 11.5 Å². The molecule has 2 heterocycles. The lowest BCUT2D eigenvalue weighted by Crippen LogP contribution is -2.28. The molecule has 0 spiro atoms. The molecule has 0 saturated carbocycles. The van der Waals surface area contributed by atoms with Crippen LogP contribution in [0.25, 0.3) is 0 Å². The van der Waals surface area contributed by atoms with Crippen molar-refractivity contribution in [1.82, 2.24) is 4.98 Å². The average molecular weight is 362 g/mol. The van der Waals surface area contributed by atoms with Gasteiger partial charge in [0.1, 0.15) is 5.75 Å². The third kappa shape index (κ3) is 3.51. The van der Waals surface area contributed by atoms with Crippen molar-refractivity contribution in [3.8, 4) is 11.5 Å². The van der Waals surface area contributed by atoms with E-state index >= 15 is 0 Å². The number of benzene rings is 1. The summed E-state index contributed by atoms with van der Waals surface area (Å²) < 4.78 is 5.27. The normalized spacial score (nSPS) is 16.8. The molecule has 2 aromatic rings. The molecule has 1 atom stereocenters. The van der Waals surface area contributed by atoms with Crippen molar-refractivity contribution < 1.29 is 19.4 Å². The molecule has 1 saturated heterocycles. The molecular weight excluding hydrogens is 346 g/mol. The van der Waals surface area contributed by atoms with Crippen molar-refractivity contribution in [3.05, 3.63) is 41.6 Å². The number of carbonyl (C=O) groups excluding carboxylic acids is 2. The molecule has 0 radical (unpaired) electrons. The van der Waals surface area contributed by atoms with Crippen LogP contribution in [0.3, 0.4) is 0 Å². The molecule has 0 unspecified atom stereocenters. The molecule has 3 rings (SSSR count). The van der Waals surface area contributed by atoms with E-state index in [9.17, 15) is 14.7 Å². The SMILES string of the molecule is COc1ccc(Cl)cc1N1C[C@H](C(=O)Nc2ncccc2O)CC1=O. The Hall–Kier alpha value is -2.80. The molecule has 2 amide bonds. The minimum Gasteiger partial charge on any atom is -0.504 e. The molecule has 0 aliphatic carbocycles. The van der Waals surface area contributed by atoms with Gasteiger partial charge < -0.3 is 20.1 Å². The van der Waals surface area contributed by atoms with E-state index in [0.717, 1.165) is 0 Å². The second kappa shape index (κ2) is 6.98. The zero-order chi connectivity index (χ0) is 18.0. The van der Waals surface area contributed by atoms with Gasteiger partial charge in [0.2, 0.25) is 11.8 Å². The van der Waals surface area contributed by atoms with Crippen LogP contribution in [-0.4, -0.2) is 35.6 Å². The van der Waals surface area contributed by atoms with Crippen molar-refractivity contribution in [1.29, 1.82) is 0 Å². The molecule has 1 aromatic carbocycles. The predicted molar refractivity (Wildman–Crippen MR) is 93.0 cm³/mol. The molecule has 0 bridgehead atoms. The maximum Gasteiger partial charge on any atom is 0.231 e. The number of hydrogen-bond donors (Lipinski definition) is 2. The van der Waals surface area contributed by atoms with E-state index in [1.807, 2.05) is 0 Å². The first kappa shape index (κ1) is 17.0. The number of nitrogens with one attached hydrogen (secondary N) is 1. The van der Waals surface area contributed by atoms with Gasteiger partial charge in [0.25, 0.3) is 0 Å². The van der Waals surface area contributed by atoms with E-state index in [-0.39, 0.29) is 36.3 Å². The van der Waals surface area contributed by atoms with Gasteiger partial charge in [-0.1, -0.05) is 11.6 Å². The van der Waals surface area contributed by atoms with E-state index in [2.05, 4.69) is 10.3 Å². The van der Waals surface area contributed by atoms with Gasteiger partial charge in [-0.3, -0.25) is 9.59 Å². The Morgan fingerprint density at radius 3 is 2.96 bits per heavy atom. The number of aromatic nitrogens is 1. The Balaban J connectivity index is 1.78. The fourth-order valence-electron chi connectivity index (χ4n) is 2.70. The lowest BCUT2D eigenvalue weighted by molar-refractivity contribution is -0.122. The minimum absolute atomic E-state index is 0.0507. The number of nitrogens with zero attached hydrogens (tertiary/aromatic N) is 2. The Bertz CT molecular complexity index is 827. The van der Waals surface area contributed by atoms with Crippen LogP contribution >= 0.6 is 11.6 Å². The molecule has 2 N–H and O–H groups in total. The van der Waals surface area contributed by atoms with Crippen molar-refractivity contribution in [3.63, 3.8) is 0 Å². The molecule has 130 valence electrons. The Morgan fingerprint density at radius 2 is 2.24 bits per heavy atom. The van der Waals surface area contributed by atoms with Gasteiger partial charge in [0.15, 0.2) is 11.6 Å². The van der Waals surface area contributed by atoms with Crippen molar-refractivity contribution in [2.24, 2.45) is 5.92 Å². The molecule has 1 fully saturated rings. The van der Waals surface area contributed by atoms with Crippen LogP contribution in [0, 0.1) is 5.92 Å². The van der Waals surface area contributed by atoms with Gasteiger partial charge in [-0.2, -0.15) is 0 Å². The van der Waals surface area contributed by atoms with E-state index in [0.29, 0.717) is 16.5 Å². The smallest absolute Gasteiger partial charge is 0.231 e. The first-order valence-corrected chi connectivity index (χ1v) is 7.96. The summed E-state index contributed by atoms with van der Waals surface area (Å²) in [4.78, 5) is 30.2. The molecule has 1 aliphatic heterocycles. The highest BCUT2D eigenvalue weighted by molar-refractivity contribution is 6.31. The Kier molecular flexibility index (Phi) is 4.76. The maximum absolute atomic E-state index is 12.4. The van der Waals surface area contributed by atoms with Crippen LogP contribution in [0.15, 0.2) is 36.5 Å². The van der Waals surface area contributed by atoms with E-state index in [1.165, 1.54) is 24.3 Å². The molecule has 1 aliphatic rings. The number of halogens is 1. The Labute approximate surface area is 149 Å². The number of methoxy groups -OCH3 is 1. The van der Waals surface area contributed by atoms with Crippen molar-refractivity contribution in [2.75, 3.05) is 23.9 Å². The summed E-state index contributed by atoms with van der Waals surface area (Å²) in [5.74, 6) is -0.720. The number of pyridine rings is 1. The summed E-state index contributed by atoms with van der Waals surface area (Å²) in [5.41, 5.74) is 0.524. The van der Waals surface area contributed by atoms with Crippen molar-refractivity contribution in [2.45, 2.75) is 6.42 Å². The summed E-state index contributed by atoms with van der Waals surface area (Å²) in [5, 5.41) is 12.7. The second-order valence-electron chi connectivity index (χ2n) is 5.58. The largest absolute Gasteiger partial charge is 0.504 e. The second-order valence-corrected chi connectivity index (χ2v) is 6.02. The molecule has 7 nitrogen and oxygen atoms in total. The number of aromatic hydroxyl groups is 1. The van der Waals surface area contributed by atoms with E-state index < -0.39 is 5.92 Å². The molecule has 8 heteroatoms. The number of hydrogen-bond acceptors (Lipinski definition) is 5. The fraction of sp³-hybridized carbons (Fsp3) is 0.235. The van der Waals surface area contributed by atoms with Crippen LogP contribution in [0.1, 0.15) is 6.42 Å². The molecule has 1 aromatic heterocycles. The third-order valence-corrected chi connectivity index (χ3v) is 4.19. The average Bonchev–Trinajstić information content (AvgIpc) is 2.98. The standard InChI is InChI=1S/C17H16ClN3O4/c1-25-14-5-4-11(18)8-12(14)21-9-10(7-15(21)23)17(24)20-16-13(22)3-2-6-19-16/h2-6,8,10,22H,7,9H2,1H3,(H,19,20,24)/t10-/m1/s1. The van der Waals surface area contributed by atoms with Gasteiger partial charge in [-0.25, -0.2) is 4.98 Å². The first-order chi connectivity index (χ1) is 12.0. The summed E-state index contributed by atoms with van der Waals surface area (Å²) in [6.45, 7) is 0.189. The van der Waals surface area contributed by atoms with Gasteiger partial charge in [0.05, 0.1) is 18.7 Å². The highest BCUT2D eigenvalue weighted by atomic mass is 35.5. The summed E-state index contributed by atoms with van der Waals surface area (Å²) >= 11 is 6.01. The highest BCUT2D eigenvalue weighted by Crippen LogP contribution is 2.35. The van der Waals surface area contributed by atoms with E-state index in [4.69, 9.17) is 16.3 Å². The number of anilines is 2. The fourth-order valence-corrected chi connectivity index (χ4v) is 2.87. The lowest BCUT2D eigenvalue weighted by Gasteiger charge is -2.19. The summed E-state index contributed by atoms with van der Waals surface area (Å²) in [6.07, 6.45) is 1.51. The maximum atomic E-state index is 12.4. The minimum atomic E-state index is -0.572. The Morgan fingerprint density at radius 1 is 1.44 bits per heavy atom.